The van der Waals surface area contributed by atoms with Gasteiger partial charge in [-0.05, 0) is 47.6 Å². The van der Waals surface area contributed by atoms with Crippen LogP contribution >= 0.6 is 27.3 Å². The molecule has 0 bridgehead atoms. The molecule has 110 valence electrons. The van der Waals surface area contributed by atoms with Gasteiger partial charge in [-0.25, -0.2) is 0 Å². The lowest BCUT2D eigenvalue weighted by Crippen LogP contribution is -2.17. The van der Waals surface area contributed by atoms with Gasteiger partial charge in [-0.3, -0.25) is 0 Å². The highest BCUT2D eigenvalue weighted by Crippen LogP contribution is 2.39. The zero-order chi connectivity index (χ0) is 15.0. The van der Waals surface area contributed by atoms with Gasteiger partial charge in [0.2, 0.25) is 0 Å². The summed E-state index contributed by atoms with van der Waals surface area (Å²) in [4.78, 5) is 1.31. The molecule has 21 heavy (non-hydrogen) atoms. The quantitative estimate of drug-likeness (QED) is 0.667. The molecule has 1 unspecified atom stereocenters. The predicted molar refractivity (Wildman–Crippen MR) is 93.3 cm³/mol. The molecule has 0 radical (unpaired) electrons. The van der Waals surface area contributed by atoms with Crippen LogP contribution in [0.4, 0.5) is 0 Å². The summed E-state index contributed by atoms with van der Waals surface area (Å²) in [7, 11) is 2.01. The number of halogens is 1. The first-order chi connectivity index (χ1) is 10.2. The Morgan fingerprint density at radius 1 is 1.33 bits per heavy atom. The molecule has 0 aliphatic carbocycles. The fourth-order valence-electron chi connectivity index (χ4n) is 2.75. The van der Waals surface area contributed by atoms with Crippen molar-refractivity contribution in [1.82, 2.24) is 5.32 Å². The van der Waals surface area contributed by atoms with Crippen LogP contribution in [0.2, 0.25) is 0 Å². The first-order valence-electron chi connectivity index (χ1n) is 7.09. The van der Waals surface area contributed by atoms with E-state index in [1.165, 1.54) is 25.2 Å². The highest BCUT2D eigenvalue weighted by Gasteiger charge is 2.23. The van der Waals surface area contributed by atoms with E-state index in [-0.39, 0.29) is 6.04 Å². The number of hydrogen-bond acceptors (Lipinski definition) is 3. The molecule has 2 nitrogen and oxygen atoms in total. The minimum atomic E-state index is 0.165. The fourth-order valence-corrected chi connectivity index (χ4v) is 4.44. The van der Waals surface area contributed by atoms with Gasteiger partial charge in [0.1, 0.15) is 11.3 Å². The van der Waals surface area contributed by atoms with E-state index in [0.717, 1.165) is 17.8 Å². The van der Waals surface area contributed by atoms with Crippen LogP contribution < -0.4 is 5.32 Å². The molecular weight excluding hydrogens is 346 g/mol. The Bertz CT molecular complexity index is 755. The maximum absolute atomic E-state index is 6.04. The highest BCUT2D eigenvalue weighted by molar-refractivity contribution is 9.11. The summed E-state index contributed by atoms with van der Waals surface area (Å²) in [6, 6.07) is 10.7. The summed E-state index contributed by atoms with van der Waals surface area (Å²) in [6.45, 7) is 4.27. The molecule has 3 aromatic rings. The van der Waals surface area contributed by atoms with Crippen LogP contribution in [-0.2, 0) is 6.42 Å². The number of aryl methyl sites for hydroxylation is 2. The van der Waals surface area contributed by atoms with Crippen LogP contribution in [0, 0.1) is 6.92 Å². The van der Waals surface area contributed by atoms with Gasteiger partial charge in [-0.15, -0.1) is 11.3 Å². The molecule has 0 saturated heterocycles. The summed E-state index contributed by atoms with van der Waals surface area (Å²) in [5.74, 6) is 1.07. The minimum Gasteiger partial charge on any atom is -0.461 e. The van der Waals surface area contributed by atoms with Crippen molar-refractivity contribution in [3.05, 3.63) is 55.9 Å². The Labute approximate surface area is 137 Å². The average molecular weight is 364 g/mol. The van der Waals surface area contributed by atoms with E-state index in [9.17, 15) is 0 Å². The van der Waals surface area contributed by atoms with E-state index >= 15 is 0 Å². The number of furan rings is 1. The molecule has 2 heterocycles. The van der Waals surface area contributed by atoms with E-state index in [0.29, 0.717) is 0 Å². The largest absolute Gasteiger partial charge is 0.461 e. The molecule has 0 aliphatic rings. The molecule has 0 amide bonds. The maximum atomic E-state index is 6.04. The molecule has 0 fully saturated rings. The van der Waals surface area contributed by atoms with E-state index in [1.54, 1.807) is 11.3 Å². The molecule has 3 rings (SSSR count). The van der Waals surface area contributed by atoms with Gasteiger partial charge in [0, 0.05) is 22.2 Å². The second kappa shape index (κ2) is 5.95. The van der Waals surface area contributed by atoms with Gasteiger partial charge < -0.3 is 9.73 Å². The molecule has 0 saturated carbocycles. The smallest absolute Gasteiger partial charge is 0.134 e. The third kappa shape index (κ3) is 2.56. The van der Waals surface area contributed by atoms with Gasteiger partial charge in [0.05, 0.1) is 9.83 Å². The van der Waals surface area contributed by atoms with Crippen molar-refractivity contribution in [2.24, 2.45) is 0 Å². The van der Waals surface area contributed by atoms with E-state index in [2.05, 4.69) is 53.3 Å². The van der Waals surface area contributed by atoms with Crippen molar-refractivity contribution in [2.45, 2.75) is 26.3 Å². The minimum absolute atomic E-state index is 0.165. The number of rotatable bonds is 4. The monoisotopic (exact) mass is 363 g/mol. The normalized spacial score (nSPS) is 13.0. The molecule has 0 aliphatic heterocycles. The van der Waals surface area contributed by atoms with Crippen LogP contribution in [-0.4, -0.2) is 7.05 Å². The van der Waals surface area contributed by atoms with Crippen molar-refractivity contribution >= 4 is 38.2 Å². The molecule has 4 heteroatoms. The average Bonchev–Trinajstić information content (AvgIpc) is 3.02. The summed E-state index contributed by atoms with van der Waals surface area (Å²) >= 11 is 5.42. The fraction of sp³-hybridized carbons (Fsp3) is 0.294. The first kappa shape index (κ1) is 14.8. The van der Waals surface area contributed by atoms with E-state index < -0.39 is 0 Å². The number of thiophene rings is 1. The third-order valence-corrected chi connectivity index (χ3v) is 5.97. The van der Waals surface area contributed by atoms with E-state index in [1.807, 2.05) is 19.2 Å². The summed E-state index contributed by atoms with van der Waals surface area (Å²) < 4.78 is 7.24. The zero-order valence-corrected chi connectivity index (χ0v) is 14.8. The van der Waals surface area contributed by atoms with E-state index in [4.69, 9.17) is 4.42 Å². The summed E-state index contributed by atoms with van der Waals surface area (Å²) in [5, 5.41) is 4.66. The standard InChI is InChI=1S/C17H18BrNOS/c1-4-12-15(11-7-5-6-8-13(11)20-12)16(19-3)14-9-10(2)17(18)21-14/h5-9,16,19H,4H2,1-3H3. The molecule has 1 atom stereocenters. The second-order valence-electron chi connectivity index (χ2n) is 5.12. The maximum Gasteiger partial charge on any atom is 0.134 e. The number of hydrogen-bond donors (Lipinski definition) is 1. The lowest BCUT2D eigenvalue weighted by atomic mass is 10.00. The van der Waals surface area contributed by atoms with Gasteiger partial charge in [-0.1, -0.05) is 25.1 Å². The Morgan fingerprint density at radius 3 is 2.71 bits per heavy atom. The van der Waals surface area contributed by atoms with Crippen molar-refractivity contribution in [3.63, 3.8) is 0 Å². The van der Waals surface area contributed by atoms with Crippen LogP contribution in [0.5, 0.6) is 0 Å². The van der Waals surface area contributed by atoms with Crippen molar-refractivity contribution < 1.29 is 4.42 Å². The molecule has 1 N–H and O–H groups in total. The Morgan fingerprint density at radius 2 is 2.10 bits per heavy atom. The molecule has 2 aromatic heterocycles. The number of para-hydroxylation sites is 1. The van der Waals surface area contributed by atoms with Crippen LogP contribution in [0.15, 0.2) is 38.5 Å². The first-order valence-corrected chi connectivity index (χ1v) is 8.70. The van der Waals surface area contributed by atoms with Crippen molar-refractivity contribution in [2.75, 3.05) is 7.05 Å². The van der Waals surface area contributed by atoms with Crippen molar-refractivity contribution in [1.29, 1.82) is 0 Å². The highest BCUT2D eigenvalue weighted by atomic mass is 79.9. The zero-order valence-electron chi connectivity index (χ0n) is 12.4. The summed E-state index contributed by atoms with van der Waals surface area (Å²) in [6.07, 6.45) is 0.897. The second-order valence-corrected chi connectivity index (χ2v) is 7.52. The van der Waals surface area contributed by atoms with Gasteiger partial charge in [0.25, 0.3) is 0 Å². The molecule has 1 aromatic carbocycles. The molecule has 0 spiro atoms. The predicted octanol–water partition coefficient (Wildman–Crippen LogP) is 5.44. The van der Waals surface area contributed by atoms with Crippen molar-refractivity contribution in [3.8, 4) is 0 Å². The lowest BCUT2D eigenvalue weighted by Gasteiger charge is -2.15. The summed E-state index contributed by atoms with van der Waals surface area (Å²) in [5.41, 5.74) is 3.52. The topological polar surface area (TPSA) is 25.2 Å². The Hall–Kier alpha value is -1.10. The Balaban J connectivity index is 2.20. The SMILES string of the molecule is CCc1oc2ccccc2c1C(NC)c1cc(C)c(Br)s1. The van der Waals surface area contributed by atoms with Gasteiger partial charge >= 0.3 is 0 Å². The van der Waals surface area contributed by atoms with Gasteiger partial charge in [-0.2, -0.15) is 0 Å². The number of benzene rings is 1. The van der Waals surface area contributed by atoms with Gasteiger partial charge in [0.15, 0.2) is 0 Å². The lowest BCUT2D eigenvalue weighted by molar-refractivity contribution is 0.540. The number of nitrogens with one attached hydrogen (secondary N) is 1. The van der Waals surface area contributed by atoms with Crippen LogP contribution in [0.3, 0.4) is 0 Å². The Kier molecular flexibility index (Phi) is 4.20. The number of fused-ring (bicyclic) bond motifs is 1. The third-order valence-electron chi connectivity index (χ3n) is 3.77. The van der Waals surface area contributed by atoms with Crippen LogP contribution in [0.1, 0.15) is 34.7 Å². The molecular formula is C17H18BrNOS. The van der Waals surface area contributed by atoms with Crippen LogP contribution in [0.25, 0.3) is 11.0 Å².